The molecule has 0 radical (unpaired) electrons. The second-order valence-corrected chi connectivity index (χ2v) is 5.41. The molecule has 2 aromatic carbocycles. The normalized spacial score (nSPS) is 10.2. The lowest BCUT2D eigenvalue weighted by molar-refractivity contribution is -0.385. The van der Waals surface area contributed by atoms with Crippen LogP contribution < -0.4 is 14.8 Å². The first-order chi connectivity index (χ1) is 11.8. The summed E-state index contributed by atoms with van der Waals surface area (Å²) in [4.78, 5) is 22.4. The number of methoxy groups -OCH3 is 1. The Labute approximate surface area is 147 Å². The number of nitrogens with one attached hydrogen (secondary N) is 1. The lowest BCUT2D eigenvalue weighted by atomic mass is 10.1. The average molecular weight is 369 g/mol. The largest absolute Gasteiger partial charge is 0.490 e. The van der Waals surface area contributed by atoms with Crippen LogP contribution in [0.25, 0.3) is 0 Å². The van der Waals surface area contributed by atoms with Gasteiger partial charge in [-0.1, -0.05) is 11.6 Å². The van der Waals surface area contributed by atoms with Gasteiger partial charge in [0.15, 0.2) is 12.4 Å². The number of hydrogen-bond donors (Lipinski definition) is 1. The molecule has 0 aliphatic rings. The Hall–Kier alpha value is -2.87. The number of carbonyl (C=O) groups excluding carboxylic acids is 1. The molecule has 132 valence electrons. The molecule has 7 nitrogen and oxygen atoms in total. The maximum atomic E-state index is 13.0. The first-order valence-electron chi connectivity index (χ1n) is 7.02. The van der Waals surface area contributed by atoms with Crippen molar-refractivity contribution in [3.8, 4) is 11.5 Å². The molecule has 0 saturated heterocycles. The Morgan fingerprint density at radius 3 is 2.64 bits per heavy atom. The molecule has 0 heterocycles. The summed E-state index contributed by atoms with van der Waals surface area (Å²) in [7, 11) is 1.29. The van der Waals surface area contributed by atoms with Crippen molar-refractivity contribution >= 4 is 28.9 Å². The van der Waals surface area contributed by atoms with Crippen molar-refractivity contribution in [2.24, 2.45) is 0 Å². The average Bonchev–Trinajstić information content (AvgIpc) is 2.55. The summed E-state index contributed by atoms with van der Waals surface area (Å²) in [6, 6.07) is 6.19. The van der Waals surface area contributed by atoms with Crippen molar-refractivity contribution in [3.05, 3.63) is 56.8 Å². The van der Waals surface area contributed by atoms with Gasteiger partial charge in [0.05, 0.1) is 17.1 Å². The third-order valence-electron chi connectivity index (χ3n) is 3.25. The van der Waals surface area contributed by atoms with E-state index in [9.17, 15) is 19.3 Å². The lowest BCUT2D eigenvalue weighted by Crippen LogP contribution is -2.21. The van der Waals surface area contributed by atoms with Gasteiger partial charge in [0.1, 0.15) is 11.6 Å². The third kappa shape index (κ3) is 4.57. The van der Waals surface area contributed by atoms with Gasteiger partial charge in [0.2, 0.25) is 0 Å². The summed E-state index contributed by atoms with van der Waals surface area (Å²) in [5.41, 5.74) is 0.634. The number of anilines is 1. The van der Waals surface area contributed by atoms with E-state index < -0.39 is 16.6 Å². The highest BCUT2D eigenvalue weighted by atomic mass is 35.5. The van der Waals surface area contributed by atoms with E-state index >= 15 is 0 Å². The molecule has 1 amide bonds. The van der Waals surface area contributed by atoms with Crippen LogP contribution in [0.2, 0.25) is 5.02 Å². The first-order valence-corrected chi connectivity index (χ1v) is 7.40. The van der Waals surface area contributed by atoms with E-state index in [0.717, 1.165) is 12.1 Å². The molecular weight excluding hydrogens is 355 g/mol. The fourth-order valence-corrected chi connectivity index (χ4v) is 2.26. The molecule has 1 N–H and O–H groups in total. The van der Waals surface area contributed by atoms with Crippen molar-refractivity contribution < 1.29 is 23.6 Å². The molecule has 0 aromatic heterocycles. The van der Waals surface area contributed by atoms with Crippen LogP contribution in [-0.2, 0) is 4.79 Å². The third-order valence-corrected chi connectivity index (χ3v) is 3.54. The quantitative estimate of drug-likeness (QED) is 0.619. The summed E-state index contributed by atoms with van der Waals surface area (Å²) < 4.78 is 23.2. The number of halogens is 2. The number of carbonyl (C=O) groups is 1. The van der Waals surface area contributed by atoms with E-state index in [-0.39, 0.29) is 28.8 Å². The molecule has 0 spiro atoms. The Morgan fingerprint density at radius 1 is 1.32 bits per heavy atom. The van der Waals surface area contributed by atoms with Crippen molar-refractivity contribution in [2.75, 3.05) is 19.0 Å². The Balaban J connectivity index is 2.08. The van der Waals surface area contributed by atoms with Gasteiger partial charge >= 0.3 is 5.69 Å². The van der Waals surface area contributed by atoms with Crippen LogP contribution in [0.4, 0.5) is 15.8 Å². The number of hydrogen-bond acceptors (Lipinski definition) is 5. The smallest absolute Gasteiger partial charge is 0.311 e. The number of amides is 1. The molecule has 0 bridgehead atoms. The summed E-state index contributed by atoms with van der Waals surface area (Å²) in [6.07, 6.45) is 0. The Morgan fingerprint density at radius 2 is 2.04 bits per heavy atom. The predicted octanol–water partition coefficient (Wildman–Crippen LogP) is 3.72. The second kappa shape index (κ2) is 7.80. The summed E-state index contributed by atoms with van der Waals surface area (Å²) >= 11 is 5.81. The van der Waals surface area contributed by atoms with Crippen LogP contribution in [0.1, 0.15) is 5.56 Å². The van der Waals surface area contributed by atoms with Gasteiger partial charge in [0.25, 0.3) is 5.91 Å². The zero-order valence-corrected chi connectivity index (χ0v) is 14.1. The van der Waals surface area contributed by atoms with E-state index in [4.69, 9.17) is 21.1 Å². The van der Waals surface area contributed by atoms with Crippen LogP contribution in [0.5, 0.6) is 11.5 Å². The number of nitrogens with zero attached hydrogens (tertiary/aromatic N) is 1. The Kier molecular flexibility index (Phi) is 5.76. The zero-order chi connectivity index (χ0) is 18.6. The number of nitro groups is 1. The number of ether oxygens (including phenoxy) is 2. The fraction of sp³-hybridized carbons (Fsp3) is 0.188. The second-order valence-electron chi connectivity index (χ2n) is 5.01. The summed E-state index contributed by atoms with van der Waals surface area (Å²) in [5.74, 6) is -0.848. The maximum Gasteiger partial charge on any atom is 0.311 e. The van der Waals surface area contributed by atoms with Crippen LogP contribution in [0, 0.1) is 22.9 Å². The highest BCUT2D eigenvalue weighted by molar-refractivity contribution is 6.32. The predicted molar refractivity (Wildman–Crippen MR) is 89.9 cm³/mol. The molecule has 0 aliphatic heterocycles. The van der Waals surface area contributed by atoms with Crippen LogP contribution in [0.3, 0.4) is 0 Å². The molecule has 2 rings (SSSR count). The summed E-state index contributed by atoms with van der Waals surface area (Å²) in [5, 5.41) is 13.6. The van der Waals surface area contributed by atoms with Crippen molar-refractivity contribution in [1.82, 2.24) is 0 Å². The summed E-state index contributed by atoms with van der Waals surface area (Å²) in [6.45, 7) is 1.24. The number of benzene rings is 2. The van der Waals surface area contributed by atoms with Gasteiger partial charge in [-0.05, 0) is 30.7 Å². The van der Waals surface area contributed by atoms with Crippen molar-refractivity contribution in [1.29, 1.82) is 0 Å². The molecule has 0 fully saturated rings. The van der Waals surface area contributed by atoms with E-state index in [2.05, 4.69) is 5.32 Å². The minimum Gasteiger partial charge on any atom is -0.490 e. The molecular formula is C16H14ClFN2O5. The Bertz CT molecular complexity index is 828. The monoisotopic (exact) mass is 368 g/mol. The van der Waals surface area contributed by atoms with E-state index in [0.29, 0.717) is 11.3 Å². The van der Waals surface area contributed by atoms with Gasteiger partial charge < -0.3 is 14.8 Å². The molecule has 25 heavy (non-hydrogen) atoms. The van der Waals surface area contributed by atoms with Crippen LogP contribution >= 0.6 is 11.6 Å². The molecule has 0 atom stereocenters. The highest BCUT2D eigenvalue weighted by Gasteiger charge is 2.18. The fourth-order valence-electron chi connectivity index (χ4n) is 2.04. The van der Waals surface area contributed by atoms with E-state index in [1.54, 1.807) is 6.92 Å². The minimum atomic E-state index is -0.572. The molecule has 0 unspecified atom stereocenters. The van der Waals surface area contributed by atoms with Crippen molar-refractivity contribution in [3.63, 3.8) is 0 Å². The van der Waals surface area contributed by atoms with E-state index in [1.807, 2.05) is 0 Å². The number of aryl methyl sites for hydroxylation is 1. The van der Waals surface area contributed by atoms with E-state index in [1.165, 1.54) is 25.3 Å². The molecule has 0 saturated carbocycles. The standard InChI is InChI=1S/C16H14ClFN2O5/c1-9-5-13(20(22)23)15(24-2)7-12(9)19-16(21)8-25-14-4-3-10(18)6-11(14)17/h3-7H,8H2,1-2H3,(H,19,21). The van der Waals surface area contributed by atoms with Gasteiger partial charge in [-0.15, -0.1) is 0 Å². The van der Waals surface area contributed by atoms with Gasteiger partial charge in [-0.25, -0.2) is 4.39 Å². The highest BCUT2D eigenvalue weighted by Crippen LogP contribution is 2.32. The minimum absolute atomic E-state index is 0.0217. The SMILES string of the molecule is COc1cc(NC(=O)COc2ccc(F)cc2Cl)c(C)cc1[N+](=O)[O-]. The lowest BCUT2D eigenvalue weighted by Gasteiger charge is -2.12. The van der Waals surface area contributed by atoms with Crippen LogP contribution in [-0.4, -0.2) is 24.5 Å². The number of rotatable bonds is 6. The molecule has 9 heteroatoms. The van der Waals surface area contributed by atoms with Gasteiger partial charge in [0, 0.05) is 17.8 Å². The maximum absolute atomic E-state index is 13.0. The molecule has 2 aromatic rings. The number of nitro benzene ring substituents is 1. The van der Waals surface area contributed by atoms with Gasteiger partial charge in [-0.2, -0.15) is 0 Å². The van der Waals surface area contributed by atoms with Crippen LogP contribution in [0.15, 0.2) is 30.3 Å². The molecule has 0 aliphatic carbocycles. The van der Waals surface area contributed by atoms with Gasteiger partial charge in [-0.3, -0.25) is 14.9 Å². The first kappa shape index (κ1) is 18.5. The van der Waals surface area contributed by atoms with Crippen molar-refractivity contribution in [2.45, 2.75) is 6.92 Å². The topological polar surface area (TPSA) is 90.7 Å². The zero-order valence-electron chi connectivity index (χ0n) is 13.3.